The number of halogens is 1. The van der Waals surface area contributed by atoms with Gasteiger partial charge in [-0.05, 0) is 36.2 Å². The van der Waals surface area contributed by atoms with Crippen LogP contribution in [0.3, 0.4) is 0 Å². The Morgan fingerprint density at radius 3 is 2.25 bits per heavy atom. The first-order valence-corrected chi connectivity index (χ1v) is 7.05. The van der Waals surface area contributed by atoms with E-state index in [1.165, 1.54) is 10.5 Å². The summed E-state index contributed by atoms with van der Waals surface area (Å²) in [7, 11) is 0. The fraction of sp³-hybridized carbons (Fsp3) is 0.143. The van der Waals surface area contributed by atoms with Crippen LogP contribution in [-0.2, 0) is 6.42 Å². The highest BCUT2D eigenvalue weighted by Gasteiger charge is 1.95. The van der Waals surface area contributed by atoms with E-state index in [1.807, 2.05) is 11.8 Å². The van der Waals surface area contributed by atoms with Crippen LogP contribution in [-0.4, -0.2) is 5.75 Å². The minimum absolute atomic E-state index is 1.12. The molecular formula is C14H13BrS. The van der Waals surface area contributed by atoms with Crippen molar-refractivity contribution in [1.82, 2.24) is 0 Å². The third-order valence-corrected chi connectivity index (χ3v) is 3.86. The number of hydrogen-bond acceptors (Lipinski definition) is 1. The fourth-order valence-electron chi connectivity index (χ4n) is 1.45. The number of hydrogen-bond donors (Lipinski definition) is 0. The molecule has 2 aromatic rings. The molecule has 0 atom stereocenters. The highest BCUT2D eigenvalue weighted by molar-refractivity contribution is 9.10. The van der Waals surface area contributed by atoms with Crippen LogP contribution in [0.4, 0.5) is 0 Å². The molecule has 0 unspecified atom stereocenters. The van der Waals surface area contributed by atoms with E-state index in [0.29, 0.717) is 0 Å². The molecule has 0 aliphatic rings. The molecule has 0 nitrogen and oxygen atoms in total. The highest BCUT2D eigenvalue weighted by Crippen LogP contribution is 2.19. The summed E-state index contributed by atoms with van der Waals surface area (Å²) in [5.74, 6) is 1.13. The molecule has 2 heteroatoms. The predicted octanol–water partition coefficient (Wildman–Crippen LogP) is 4.78. The molecule has 2 aromatic carbocycles. The van der Waals surface area contributed by atoms with Gasteiger partial charge < -0.3 is 0 Å². The average Bonchev–Trinajstić information content (AvgIpc) is 2.33. The molecule has 0 spiro atoms. The largest absolute Gasteiger partial charge is 0.126 e. The smallest absolute Gasteiger partial charge is 0.0175 e. The molecule has 0 saturated carbocycles. The van der Waals surface area contributed by atoms with Crippen molar-refractivity contribution in [3.63, 3.8) is 0 Å². The summed E-state index contributed by atoms with van der Waals surface area (Å²) in [5, 5.41) is 0. The van der Waals surface area contributed by atoms with Gasteiger partial charge in [-0.2, -0.15) is 0 Å². The van der Waals surface area contributed by atoms with Gasteiger partial charge in [-0.3, -0.25) is 0 Å². The Bertz CT molecular complexity index is 422. The van der Waals surface area contributed by atoms with E-state index in [-0.39, 0.29) is 0 Å². The second-order valence-electron chi connectivity index (χ2n) is 3.54. The first-order chi connectivity index (χ1) is 7.84. The molecule has 82 valence electrons. The summed E-state index contributed by atoms with van der Waals surface area (Å²) < 4.78 is 1.15. The van der Waals surface area contributed by atoms with Gasteiger partial charge in [-0.1, -0.05) is 46.3 Å². The molecule has 0 N–H and O–H groups in total. The number of rotatable bonds is 4. The van der Waals surface area contributed by atoms with Gasteiger partial charge in [-0.25, -0.2) is 0 Å². The van der Waals surface area contributed by atoms with Crippen molar-refractivity contribution >= 4 is 27.7 Å². The van der Waals surface area contributed by atoms with Crippen molar-refractivity contribution in [2.75, 3.05) is 5.75 Å². The van der Waals surface area contributed by atoms with E-state index in [0.717, 1.165) is 16.6 Å². The SMILES string of the molecule is Brc1ccc(CCSc2ccccc2)cc1. The average molecular weight is 293 g/mol. The summed E-state index contributed by atoms with van der Waals surface area (Å²) >= 11 is 5.35. The van der Waals surface area contributed by atoms with E-state index in [9.17, 15) is 0 Å². The first-order valence-electron chi connectivity index (χ1n) is 5.27. The van der Waals surface area contributed by atoms with E-state index in [4.69, 9.17) is 0 Å². The summed E-state index contributed by atoms with van der Waals surface area (Å²) in [5.41, 5.74) is 1.40. The first kappa shape index (κ1) is 11.7. The Morgan fingerprint density at radius 2 is 1.56 bits per heavy atom. The van der Waals surface area contributed by atoms with Gasteiger partial charge in [0.1, 0.15) is 0 Å². The van der Waals surface area contributed by atoms with Crippen molar-refractivity contribution in [2.24, 2.45) is 0 Å². The van der Waals surface area contributed by atoms with Crippen molar-refractivity contribution in [1.29, 1.82) is 0 Å². The van der Waals surface area contributed by atoms with Crippen LogP contribution in [0, 0.1) is 0 Å². The molecule has 0 bridgehead atoms. The third kappa shape index (κ3) is 3.69. The molecule has 0 fully saturated rings. The highest BCUT2D eigenvalue weighted by atomic mass is 79.9. The normalized spacial score (nSPS) is 10.3. The zero-order valence-electron chi connectivity index (χ0n) is 8.90. The van der Waals surface area contributed by atoms with Crippen molar-refractivity contribution in [3.05, 3.63) is 64.6 Å². The summed E-state index contributed by atoms with van der Waals surface area (Å²) in [4.78, 5) is 1.35. The minimum Gasteiger partial charge on any atom is -0.126 e. The van der Waals surface area contributed by atoms with Crippen LogP contribution in [0.15, 0.2) is 64.0 Å². The molecule has 0 aromatic heterocycles. The van der Waals surface area contributed by atoms with Crippen LogP contribution in [0.2, 0.25) is 0 Å². The fourth-order valence-corrected chi connectivity index (χ4v) is 2.64. The van der Waals surface area contributed by atoms with Gasteiger partial charge in [0.15, 0.2) is 0 Å². The summed E-state index contributed by atoms with van der Waals surface area (Å²) in [6.07, 6.45) is 1.12. The van der Waals surface area contributed by atoms with Crippen molar-refractivity contribution < 1.29 is 0 Å². The quantitative estimate of drug-likeness (QED) is 0.731. The molecule has 0 aliphatic carbocycles. The Kier molecular flexibility index (Phi) is 4.49. The third-order valence-electron chi connectivity index (χ3n) is 2.32. The van der Waals surface area contributed by atoms with Gasteiger partial charge in [0.2, 0.25) is 0 Å². The van der Waals surface area contributed by atoms with Crippen molar-refractivity contribution in [2.45, 2.75) is 11.3 Å². The van der Waals surface area contributed by atoms with E-state index < -0.39 is 0 Å². The molecule has 0 radical (unpaired) electrons. The second-order valence-corrected chi connectivity index (χ2v) is 5.62. The van der Waals surface area contributed by atoms with Crippen LogP contribution in [0.5, 0.6) is 0 Å². The minimum atomic E-state index is 1.12. The number of aryl methyl sites for hydroxylation is 1. The lowest BCUT2D eigenvalue weighted by Crippen LogP contribution is -1.87. The molecule has 2 rings (SSSR count). The topological polar surface area (TPSA) is 0 Å². The maximum atomic E-state index is 3.45. The number of benzene rings is 2. The van der Waals surface area contributed by atoms with Gasteiger partial charge in [0, 0.05) is 15.1 Å². The van der Waals surface area contributed by atoms with Crippen molar-refractivity contribution in [3.8, 4) is 0 Å². The molecule has 16 heavy (non-hydrogen) atoms. The second kappa shape index (κ2) is 6.12. The molecule has 0 amide bonds. The lowest BCUT2D eigenvalue weighted by molar-refractivity contribution is 1.15. The maximum absolute atomic E-state index is 3.45. The van der Waals surface area contributed by atoms with Gasteiger partial charge >= 0.3 is 0 Å². The van der Waals surface area contributed by atoms with Gasteiger partial charge in [-0.15, -0.1) is 11.8 Å². The predicted molar refractivity (Wildman–Crippen MR) is 75.0 cm³/mol. The maximum Gasteiger partial charge on any atom is 0.0175 e. The standard InChI is InChI=1S/C14H13BrS/c15-13-8-6-12(7-9-13)10-11-16-14-4-2-1-3-5-14/h1-9H,10-11H2. The zero-order chi connectivity index (χ0) is 11.2. The lowest BCUT2D eigenvalue weighted by Gasteiger charge is -2.02. The van der Waals surface area contributed by atoms with Gasteiger partial charge in [0.05, 0.1) is 0 Å². The Hall–Kier alpha value is -0.730. The summed E-state index contributed by atoms with van der Waals surface area (Å²) in [6.45, 7) is 0. The summed E-state index contributed by atoms with van der Waals surface area (Å²) in [6, 6.07) is 19.1. The van der Waals surface area contributed by atoms with E-state index in [1.54, 1.807) is 0 Å². The Labute approximate surface area is 109 Å². The van der Waals surface area contributed by atoms with Crippen LogP contribution in [0.1, 0.15) is 5.56 Å². The van der Waals surface area contributed by atoms with Crippen LogP contribution in [0.25, 0.3) is 0 Å². The Balaban J connectivity index is 1.82. The lowest BCUT2D eigenvalue weighted by atomic mass is 10.2. The Morgan fingerprint density at radius 1 is 0.875 bits per heavy atom. The van der Waals surface area contributed by atoms with Crippen LogP contribution >= 0.6 is 27.7 Å². The van der Waals surface area contributed by atoms with Crippen LogP contribution < -0.4 is 0 Å². The monoisotopic (exact) mass is 292 g/mol. The molecular weight excluding hydrogens is 280 g/mol. The van der Waals surface area contributed by atoms with E-state index in [2.05, 4.69) is 70.5 Å². The van der Waals surface area contributed by atoms with Gasteiger partial charge in [0.25, 0.3) is 0 Å². The number of thioether (sulfide) groups is 1. The zero-order valence-corrected chi connectivity index (χ0v) is 11.3. The van der Waals surface area contributed by atoms with E-state index >= 15 is 0 Å². The molecule has 0 heterocycles. The molecule has 0 aliphatic heterocycles. The molecule has 0 saturated heterocycles.